The van der Waals surface area contributed by atoms with Gasteiger partial charge in [0, 0.05) is 38.3 Å². The van der Waals surface area contributed by atoms with Crippen molar-refractivity contribution in [1.29, 1.82) is 0 Å². The third kappa shape index (κ3) is 3.95. The highest BCUT2D eigenvalue weighted by Crippen LogP contribution is 2.17. The summed E-state index contributed by atoms with van der Waals surface area (Å²) in [6, 6.07) is 8.56. The summed E-state index contributed by atoms with van der Waals surface area (Å²) < 4.78 is 0. The summed E-state index contributed by atoms with van der Waals surface area (Å²) in [4.78, 5) is 4.92. The summed E-state index contributed by atoms with van der Waals surface area (Å²) in [5.74, 6) is 0.337. The van der Waals surface area contributed by atoms with Gasteiger partial charge in [0.25, 0.3) is 0 Å². The van der Waals surface area contributed by atoms with Crippen molar-refractivity contribution in [3.8, 4) is 5.75 Å². The molecule has 1 fully saturated rings. The number of hydrogen-bond acceptors (Lipinski definition) is 4. The molecular formula is C16H27N3O. The molecular weight excluding hydrogens is 250 g/mol. The Bertz CT molecular complexity index is 407. The molecule has 0 aliphatic carbocycles. The van der Waals surface area contributed by atoms with Crippen LogP contribution in [0.5, 0.6) is 5.75 Å². The molecule has 112 valence electrons. The second-order valence-electron chi connectivity index (χ2n) is 5.94. The quantitative estimate of drug-likeness (QED) is 0.851. The predicted octanol–water partition coefficient (Wildman–Crippen LogP) is 1.29. The van der Waals surface area contributed by atoms with Crippen LogP contribution in [-0.4, -0.2) is 60.2 Å². The lowest BCUT2D eigenvalue weighted by molar-refractivity contribution is 0.0594. The molecule has 20 heavy (non-hydrogen) atoms. The van der Waals surface area contributed by atoms with Crippen LogP contribution < -0.4 is 5.73 Å². The number of nitrogens with zero attached hydrogens (tertiary/aromatic N) is 2. The number of phenols is 1. The van der Waals surface area contributed by atoms with Gasteiger partial charge >= 0.3 is 0 Å². The fraction of sp³-hybridized carbons (Fsp3) is 0.625. The molecule has 0 bridgehead atoms. The van der Waals surface area contributed by atoms with Gasteiger partial charge in [0.1, 0.15) is 5.75 Å². The molecule has 1 aromatic rings. The number of likely N-dealkylation sites (N-methyl/N-ethyl adjacent to an activating group) is 1. The first kappa shape index (κ1) is 15.3. The van der Waals surface area contributed by atoms with Gasteiger partial charge in [0.05, 0.1) is 0 Å². The lowest BCUT2D eigenvalue weighted by atomic mass is 10.0. The van der Waals surface area contributed by atoms with E-state index in [1.54, 1.807) is 12.1 Å². The Hall–Kier alpha value is -1.10. The van der Waals surface area contributed by atoms with E-state index < -0.39 is 0 Å². The Kier molecular flexibility index (Phi) is 5.40. The highest BCUT2D eigenvalue weighted by Gasteiger charge is 2.27. The van der Waals surface area contributed by atoms with Gasteiger partial charge in [0.15, 0.2) is 0 Å². The van der Waals surface area contributed by atoms with E-state index >= 15 is 0 Å². The third-order valence-electron chi connectivity index (χ3n) is 4.36. The minimum absolute atomic E-state index is 0.337. The molecule has 4 heteroatoms. The Morgan fingerprint density at radius 1 is 1.30 bits per heavy atom. The molecule has 1 heterocycles. The topological polar surface area (TPSA) is 52.7 Å². The van der Waals surface area contributed by atoms with Crippen LogP contribution in [0.15, 0.2) is 24.3 Å². The molecule has 0 amide bonds. The summed E-state index contributed by atoms with van der Waals surface area (Å²) in [6.45, 7) is 6.33. The van der Waals surface area contributed by atoms with E-state index in [1.165, 1.54) is 5.56 Å². The third-order valence-corrected chi connectivity index (χ3v) is 4.36. The molecule has 0 saturated carbocycles. The Balaban J connectivity index is 1.87. The van der Waals surface area contributed by atoms with E-state index in [-0.39, 0.29) is 0 Å². The van der Waals surface area contributed by atoms with E-state index in [0.717, 1.165) is 39.0 Å². The Labute approximate surface area is 122 Å². The maximum absolute atomic E-state index is 9.30. The van der Waals surface area contributed by atoms with Crippen LogP contribution in [0.25, 0.3) is 0 Å². The van der Waals surface area contributed by atoms with E-state index in [9.17, 15) is 5.11 Å². The predicted molar refractivity (Wildman–Crippen MR) is 82.9 cm³/mol. The van der Waals surface area contributed by atoms with E-state index in [2.05, 4.69) is 23.8 Å². The normalized spacial score (nSPS) is 22.9. The minimum atomic E-state index is 0.337. The lowest BCUT2D eigenvalue weighted by Gasteiger charge is -2.43. The summed E-state index contributed by atoms with van der Waals surface area (Å²) in [6.07, 6.45) is 2.18. The van der Waals surface area contributed by atoms with E-state index in [0.29, 0.717) is 17.8 Å². The van der Waals surface area contributed by atoms with Gasteiger partial charge in [-0.3, -0.25) is 4.90 Å². The van der Waals surface area contributed by atoms with Gasteiger partial charge in [-0.1, -0.05) is 12.1 Å². The fourth-order valence-corrected chi connectivity index (χ4v) is 3.02. The monoisotopic (exact) mass is 277 g/mol. The first-order valence-corrected chi connectivity index (χ1v) is 7.52. The molecule has 4 nitrogen and oxygen atoms in total. The number of phenolic OH excluding ortho intramolecular Hbond substituents is 1. The fourth-order valence-electron chi connectivity index (χ4n) is 3.02. The minimum Gasteiger partial charge on any atom is -0.508 e. The number of nitrogens with two attached hydrogens (primary N) is 1. The van der Waals surface area contributed by atoms with E-state index in [4.69, 9.17) is 5.73 Å². The van der Waals surface area contributed by atoms with Gasteiger partial charge in [-0.25, -0.2) is 0 Å². The van der Waals surface area contributed by atoms with Crippen LogP contribution in [0.2, 0.25) is 0 Å². The Morgan fingerprint density at radius 3 is 2.65 bits per heavy atom. The maximum Gasteiger partial charge on any atom is 0.115 e. The van der Waals surface area contributed by atoms with Crippen molar-refractivity contribution in [3.05, 3.63) is 29.8 Å². The van der Waals surface area contributed by atoms with Crippen molar-refractivity contribution < 1.29 is 5.11 Å². The zero-order chi connectivity index (χ0) is 14.5. The number of rotatable bonds is 5. The second-order valence-corrected chi connectivity index (χ2v) is 5.94. The molecule has 1 aliphatic heterocycles. The van der Waals surface area contributed by atoms with Crippen LogP contribution in [0.4, 0.5) is 0 Å². The lowest BCUT2D eigenvalue weighted by Crippen LogP contribution is -2.57. The standard InChI is InChI=1S/C16H27N3O/c1-13(3-4-14-5-7-16(20)8-6-14)19-10-9-18(2)12-15(19)11-17/h5-8,13,15,20H,3-4,9-12,17H2,1-2H3. The largest absolute Gasteiger partial charge is 0.508 e. The molecule has 1 aromatic carbocycles. The van der Waals surface area contributed by atoms with Gasteiger partial charge in [-0.2, -0.15) is 0 Å². The number of aryl methyl sites for hydroxylation is 1. The zero-order valence-corrected chi connectivity index (χ0v) is 12.6. The van der Waals surface area contributed by atoms with Crippen LogP contribution in [0.1, 0.15) is 18.9 Å². The highest BCUT2D eigenvalue weighted by atomic mass is 16.3. The molecule has 1 aliphatic rings. The molecule has 3 N–H and O–H groups in total. The second kappa shape index (κ2) is 7.07. The average Bonchev–Trinajstić information content (AvgIpc) is 2.46. The summed E-state index contributed by atoms with van der Waals surface area (Å²) >= 11 is 0. The molecule has 2 rings (SSSR count). The van der Waals surface area contributed by atoms with Crippen LogP contribution >= 0.6 is 0 Å². The average molecular weight is 277 g/mol. The molecule has 1 saturated heterocycles. The molecule has 0 spiro atoms. The van der Waals surface area contributed by atoms with Crippen molar-refractivity contribution in [2.75, 3.05) is 33.2 Å². The first-order valence-electron chi connectivity index (χ1n) is 7.52. The van der Waals surface area contributed by atoms with Crippen LogP contribution in [0, 0.1) is 0 Å². The molecule has 2 atom stereocenters. The number of piperazine rings is 1. The van der Waals surface area contributed by atoms with Crippen molar-refractivity contribution in [2.24, 2.45) is 5.73 Å². The summed E-state index contributed by atoms with van der Waals surface area (Å²) in [7, 11) is 2.17. The Morgan fingerprint density at radius 2 is 2.00 bits per heavy atom. The highest BCUT2D eigenvalue weighted by molar-refractivity contribution is 5.25. The number of hydrogen-bond donors (Lipinski definition) is 2. The number of benzene rings is 1. The maximum atomic E-state index is 9.30. The van der Waals surface area contributed by atoms with Crippen molar-refractivity contribution in [1.82, 2.24) is 9.80 Å². The summed E-state index contributed by atoms with van der Waals surface area (Å²) in [5.41, 5.74) is 7.21. The first-order chi connectivity index (χ1) is 9.60. The molecule has 2 unspecified atom stereocenters. The van der Waals surface area contributed by atoms with Crippen molar-refractivity contribution in [2.45, 2.75) is 31.8 Å². The van der Waals surface area contributed by atoms with Gasteiger partial charge < -0.3 is 15.7 Å². The summed E-state index contributed by atoms with van der Waals surface area (Å²) in [5, 5.41) is 9.30. The molecule has 0 aromatic heterocycles. The van der Waals surface area contributed by atoms with Crippen molar-refractivity contribution in [3.63, 3.8) is 0 Å². The molecule has 0 radical (unpaired) electrons. The van der Waals surface area contributed by atoms with Crippen LogP contribution in [-0.2, 0) is 6.42 Å². The van der Waals surface area contributed by atoms with Gasteiger partial charge in [-0.15, -0.1) is 0 Å². The smallest absolute Gasteiger partial charge is 0.115 e. The van der Waals surface area contributed by atoms with Gasteiger partial charge in [0.2, 0.25) is 0 Å². The number of aromatic hydroxyl groups is 1. The van der Waals surface area contributed by atoms with Gasteiger partial charge in [-0.05, 0) is 44.5 Å². The van der Waals surface area contributed by atoms with Crippen LogP contribution in [0.3, 0.4) is 0 Å². The van der Waals surface area contributed by atoms with Crippen molar-refractivity contribution >= 4 is 0 Å². The SMILES string of the molecule is CC(CCc1ccc(O)cc1)N1CCN(C)CC1CN. The zero-order valence-electron chi connectivity index (χ0n) is 12.6. The van der Waals surface area contributed by atoms with E-state index in [1.807, 2.05) is 12.1 Å².